The number of rotatable bonds is 7. The fourth-order valence-electron chi connectivity index (χ4n) is 3.90. The molecule has 4 rings (SSSR count). The maximum atomic E-state index is 13.4. The molecule has 1 aliphatic rings. The maximum absolute atomic E-state index is 13.4. The summed E-state index contributed by atoms with van der Waals surface area (Å²) in [6.45, 7) is 3.61. The summed E-state index contributed by atoms with van der Waals surface area (Å²) in [5, 5.41) is 9.64. The second-order valence-corrected chi connectivity index (χ2v) is 8.21. The van der Waals surface area contributed by atoms with Gasteiger partial charge in [0, 0.05) is 11.1 Å². The molecule has 8 heteroatoms. The van der Waals surface area contributed by atoms with Crippen LogP contribution in [0.3, 0.4) is 0 Å². The van der Waals surface area contributed by atoms with Gasteiger partial charge in [0.15, 0.2) is 0 Å². The van der Waals surface area contributed by atoms with Crippen LogP contribution in [-0.2, 0) is 20.9 Å². The van der Waals surface area contributed by atoms with Crippen molar-refractivity contribution < 1.29 is 28.3 Å². The summed E-state index contributed by atoms with van der Waals surface area (Å²) in [5.41, 5.74) is 2.27. The maximum Gasteiger partial charge on any atom is 0.338 e. The molecule has 2 amide bonds. The highest BCUT2D eigenvalue weighted by Gasteiger charge is 2.35. The largest absolute Gasteiger partial charge is 0.497 e. The fraction of sp³-hybridized carbons (Fsp3) is 0.172. The van der Waals surface area contributed by atoms with Gasteiger partial charge in [-0.15, -0.1) is 0 Å². The molecule has 0 saturated carbocycles. The third-order valence-corrected chi connectivity index (χ3v) is 5.92. The Bertz CT molecular complexity index is 1450. The molecule has 186 valence electrons. The van der Waals surface area contributed by atoms with Crippen LogP contribution in [0.5, 0.6) is 5.75 Å². The zero-order valence-corrected chi connectivity index (χ0v) is 20.6. The Kier molecular flexibility index (Phi) is 7.35. The van der Waals surface area contributed by atoms with Crippen LogP contribution in [0.1, 0.15) is 35.5 Å². The zero-order chi connectivity index (χ0) is 26.5. The molecule has 1 aliphatic heterocycles. The lowest BCUT2D eigenvalue weighted by Gasteiger charge is -2.27. The fourth-order valence-corrected chi connectivity index (χ4v) is 3.90. The van der Waals surface area contributed by atoms with E-state index < -0.39 is 17.8 Å². The average molecular weight is 497 g/mol. The van der Waals surface area contributed by atoms with Crippen LogP contribution >= 0.6 is 0 Å². The Hall–Kier alpha value is -4.90. The van der Waals surface area contributed by atoms with Gasteiger partial charge in [0.1, 0.15) is 28.9 Å². The van der Waals surface area contributed by atoms with E-state index in [2.05, 4.69) is 0 Å². The Balaban J connectivity index is 1.62. The number of carbonyl (C=O) groups is 3. The SMILES string of the molecule is CCOC(=O)c1ccc(-c2ccc(/C=C3/C(=O)N(Cc4ccc(OC)cc4)C(=O)C(C#N)=C3C)o2)cc1. The minimum Gasteiger partial charge on any atom is -0.497 e. The van der Waals surface area contributed by atoms with E-state index in [4.69, 9.17) is 13.9 Å². The van der Waals surface area contributed by atoms with Gasteiger partial charge >= 0.3 is 5.97 Å². The van der Waals surface area contributed by atoms with Crippen molar-refractivity contribution in [2.45, 2.75) is 20.4 Å². The highest BCUT2D eigenvalue weighted by molar-refractivity contribution is 6.19. The number of esters is 1. The number of nitrogens with zero attached hydrogens (tertiary/aromatic N) is 2. The van der Waals surface area contributed by atoms with Crippen LogP contribution in [0.2, 0.25) is 0 Å². The van der Waals surface area contributed by atoms with Gasteiger partial charge in [0.25, 0.3) is 11.8 Å². The Labute approximate surface area is 214 Å². The number of methoxy groups -OCH3 is 1. The molecule has 0 bridgehead atoms. The van der Waals surface area contributed by atoms with E-state index in [0.29, 0.717) is 40.6 Å². The molecule has 8 nitrogen and oxygen atoms in total. The molecule has 0 spiro atoms. The van der Waals surface area contributed by atoms with Gasteiger partial charge in [-0.05, 0) is 67.5 Å². The minimum atomic E-state index is -0.639. The molecule has 3 aromatic rings. The smallest absolute Gasteiger partial charge is 0.338 e. The Morgan fingerprint density at radius 1 is 1.03 bits per heavy atom. The molecular formula is C29H24N2O6. The predicted molar refractivity (Wildman–Crippen MR) is 135 cm³/mol. The average Bonchev–Trinajstić information content (AvgIpc) is 3.39. The standard InChI is InChI=1S/C29H24N2O6/c1-4-36-29(34)21-9-7-20(8-10-21)26-14-13-23(37-26)15-24-18(2)25(16-30)28(33)31(27(24)32)17-19-5-11-22(35-3)12-6-19/h5-15H,4,17H2,1-3H3/b24-15+. The topological polar surface area (TPSA) is 110 Å². The van der Waals surface area contributed by atoms with E-state index in [1.54, 1.807) is 81.6 Å². The van der Waals surface area contributed by atoms with Crippen LogP contribution in [0.15, 0.2) is 81.8 Å². The molecular weight excluding hydrogens is 472 g/mol. The van der Waals surface area contributed by atoms with E-state index in [1.807, 2.05) is 6.07 Å². The van der Waals surface area contributed by atoms with Gasteiger partial charge in [0.05, 0.1) is 25.8 Å². The van der Waals surface area contributed by atoms with E-state index >= 15 is 0 Å². The number of hydrogen-bond acceptors (Lipinski definition) is 7. The van der Waals surface area contributed by atoms with Crippen molar-refractivity contribution in [1.29, 1.82) is 5.26 Å². The van der Waals surface area contributed by atoms with Crippen LogP contribution in [-0.4, -0.2) is 36.4 Å². The first-order valence-electron chi connectivity index (χ1n) is 11.6. The van der Waals surface area contributed by atoms with Crippen molar-refractivity contribution in [1.82, 2.24) is 4.90 Å². The van der Waals surface area contributed by atoms with Crippen molar-refractivity contribution in [3.8, 4) is 23.1 Å². The van der Waals surface area contributed by atoms with Gasteiger partial charge in [-0.25, -0.2) is 4.79 Å². The summed E-state index contributed by atoms with van der Waals surface area (Å²) in [6, 6.07) is 19.1. The van der Waals surface area contributed by atoms with Crippen molar-refractivity contribution in [3.05, 3.63) is 94.3 Å². The van der Waals surface area contributed by atoms with E-state index in [9.17, 15) is 19.6 Å². The second kappa shape index (κ2) is 10.8. The molecule has 1 aromatic heterocycles. The number of furan rings is 1. The molecule has 0 fully saturated rings. The van der Waals surface area contributed by atoms with Gasteiger partial charge in [-0.3, -0.25) is 14.5 Å². The lowest BCUT2D eigenvalue weighted by molar-refractivity contribution is -0.141. The minimum absolute atomic E-state index is 0.00762. The molecule has 37 heavy (non-hydrogen) atoms. The predicted octanol–water partition coefficient (Wildman–Crippen LogP) is 4.92. The molecule has 2 aromatic carbocycles. The second-order valence-electron chi connectivity index (χ2n) is 8.21. The Morgan fingerprint density at radius 3 is 2.35 bits per heavy atom. The summed E-state index contributed by atoms with van der Waals surface area (Å²) < 4.78 is 16.1. The number of carbonyl (C=O) groups excluding carboxylic acids is 3. The number of hydrogen-bond donors (Lipinski definition) is 0. The highest BCUT2D eigenvalue weighted by atomic mass is 16.5. The first kappa shape index (κ1) is 25.2. The monoisotopic (exact) mass is 496 g/mol. The normalized spacial score (nSPS) is 14.6. The van der Waals surface area contributed by atoms with Crippen LogP contribution in [0, 0.1) is 11.3 Å². The van der Waals surface area contributed by atoms with Gasteiger partial charge in [0.2, 0.25) is 0 Å². The van der Waals surface area contributed by atoms with Gasteiger partial charge in [-0.1, -0.05) is 24.3 Å². The summed E-state index contributed by atoms with van der Waals surface area (Å²) in [5.74, 6) is -0.00635. The molecule has 2 heterocycles. The number of benzene rings is 2. The van der Waals surface area contributed by atoms with Gasteiger partial charge in [-0.2, -0.15) is 5.26 Å². The summed E-state index contributed by atoms with van der Waals surface area (Å²) in [7, 11) is 1.55. The van der Waals surface area contributed by atoms with Crippen LogP contribution in [0.25, 0.3) is 17.4 Å². The molecule has 0 saturated heterocycles. The van der Waals surface area contributed by atoms with Crippen molar-refractivity contribution in [2.75, 3.05) is 13.7 Å². The van der Waals surface area contributed by atoms with Crippen molar-refractivity contribution >= 4 is 23.9 Å². The number of nitriles is 1. The first-order valence-corrected chi connectivity index (χ1v) is 11.6. The molecule has 0 atom stereocenters. The summed E-state index contributed by atoms with van der Waals surface area (Å²) in [6.07, 6.45) is 1.53. The van der Waals surface area contributed by atoms with E-state index in [-0.39, 0.29) is 17.7 Å². The molecule has 0 aliphatic carbocycles. The number of imide groups is 1. The lowest BCUT2D eigenvalue weighted by Crippen LogP contribution is -2.42. The quantitative estimate of drug-likeness (QED) is 0.259. The lowest BCUT2D eigenvalue weighted by atomic mass is 9.94. The first-order chi connectivity index (χ1) is 17.9. The van der Waals surface area contributed by atoms with Crippen LogP contribution < -0.4 is 4.74 Å². The van der Waals surface area contributed by atoms with Crippen molar-refractivity contribution in [3.63, 3.8) is 0 Å². The highest BCUT2D eigenvalue weighted by Crippen LogP contribution is 2.30. The van der Waals surface area contributed by atoms with E-state index in [0.717, 1.165) is 10.5 Å². The van der Waals surface area contributed by atoms with Crippen LogP contribution in [0.4, 0.5) is 0 Å². The number of ether oxygens (including phenoxy) is 2. The summed E-state index contributed by atoms with van der Waals surface area (Å²) in [4.78, 5) is 39.2. The third-order valence-electron chi connectivity index (χ3n) is 5.92. The van der Waals surface area contributed by atoms with Crippen molar-refractivity contribution in [2.24, 2.45) is 0 Å². The summed E-state index contributed by atoms with van der Waals surface area (Å²) >= 11 is 0. The zero-order valence-electron chi connectivity index (χ0n) is 20.6. The molecule has 0 N–H and O–H groups in total. The molecule has 0 radical (unpaired) electrons. The van der Waals surface area contributed by atoms with Gasteiger partial charge < -0.3 is 13.9 Å². The Morgan fingerprint density at radius 2 is 1.73 bits per heavy atom. The third kappa shape index (κ3) is 5.21. The number of amides is 2. The van der Waals surface area contributed by atoms with E-state index in [1.165, 1.54) is 6.08 Å². The molecule has 0 unspecified atom stereocenters.